The van der Waals surface area contributed by atoms with Gasteiger partial charge in [0.2, 0.25) is 5.75 Å². The first-order chi connectivity index (χ1) is 9.98. The highest BCUT2D eigenvalue weighted by atomic mass is 79.9. The number of ether oxygens (including phenoxy) is 1. The standard InChI is InChI=1S/C15H23BrN2O3/c1-4-8-15(10-16,9-5-2)11-21-13-7-6-12(3)17-14(13)18(19)20/h6-7H,4-5,8-11H2,1-3H3. The van der Waals surface area contributed by atoms with Crippen molar-refractivity contribution in [3.05, 3.63) is 27.9 Å². The molecule has 21 heavy (non-hydrogen) atoms. The average Bonchev–Trinajstić information content (AvgIpc) is 2.46. The van der Waals surface area contributed by atoms with E-state index in [2.05, 4.69) is 34.8 Å². The Kier molecular flexibility index (Phi) is 7.08. The first kappa shape index (κ1) is 17.9. The molecule has 1 aromatic rings. The topological polar surface area (TPSA) is 65.3 Å². The van der Waals surface area contributed by atoms with Crippen molar-refractivity contribution >= 4 is 21.7 Å². The summed E-state index contributed by atoms with van der Waals surface area (Å²) in [6.07, 6.45) is 4.17. The van der Waals surface area contributed by atoms with E-state index in [-0.39, 0.29) is 17.0 Å². The molecule has 0 unspecified atom stereocenters. The average molecular weight is 359 g/mol. The fourth-order valence-electron chi connectivity index (χ4n) is 2.51. The first-order valence-corrected chi connectivity index (χ1v) is 8.41. The number of hydrogen-bond acceptors (Lipinski definition) is 4. The maximum atomic E-state index is 11.1. The number of aromatic nitrogens is 1. The largest absolute Gasteiger partial charge is 0.485 e. The second kappa shape index (κ2) is 8.32. The smallest absolute Gasteiger partial charge is 0.406 e. The van der Waals surface area contributed by atoms with Crippen molar-refractivity contribution in [2.45, 2.75) is 46.5 Å². The monoisotopic (exact) mass is 358 g/mol. The summed E-state index contributed by atoms with van der Waals surface area (Å²) in [7, 11) is 0. The van der Waals surface area contributed by atoms with Gasteiger partial charge in [-0.15, -0.1) is 0 Å². The number of rotatable bonds is 9. The molecule has 0 saturated carbocycles. The Labute approximate surface area is 134 Å². The van der Waals surface area contributed by atoms with Crippen molar-refractivity contribution in [3.63, 3.8) is 0 Å². The van der Waals surface area contributed by atoms with Crippen molar-refractivity contribution in [2.75, 3.05) is 11.9 Å². The van der Waals surface area contributed by atoms with Gasteiger partial charge in [-0.05, 0) is 34.9 Å². The molecule has 118 valence electrons. The molecule has 0 bridgehead atoms. The van der Waals surface area contributed by atoms with Gasteiger partial charge in [-0.3, -0.25) is 0 Å². The normalized spacial score (nSPS) is 11.4. The number of nitro groups is 1. The SMILES string of the molecule is CCCC(CBr)(CCC)COc1ccc(C)nc1[N+](=O)[O-]. The predicted molar refractivity (Wildman–Crippen MR) is 87.2 cm³/mol. The number of nitrogens with zero attached hydrogens (tertiary/aromatic N) is 2. The zero-order chi connectivity index (χ0) is 15.9. The van der Waals surface area contributed by atoms with Crippen LogP contribution in [0.1, 0.15) is 45.2 Å². The molecular formula is C15H23BrN2O3. The van der Waals surface area contributed by atoms with Crippen molar-refractivity contribution in [3.8, 4) is 5.75 Å². The lowest BCUT2D eigenvalue weighted by Crippen LogP contribution is -2.30. The Morgan fingerprint density at radius 3 is 2.43 bits per heavy atom. The Morgan fingerprint density at radius 1 is 1.33 bits per heavy atom. The molecule has 5 nitrogen and oxygen atoms in total. The van der Waals surface area contributed by atoms with Crippen LogP contribution in [-0.2, 0) is 0 Å². The van der Waals surface area contributed by atoms with Crippen LogP contribution in [0.5, 0.6) is 5.75 Å². The highest BCUT2D eigenvalue weighted by Crippen LogP contribution is 2.34. The van der Waals surface area contributed by atoms with Crippen molar-refractivity contribution in [1.29, 1.82) is 0 Å². The van der Waals surface area contributed by atoms with Crippen LogP contribution in [-0.4, -0.2) is 21.8 Å². The van der Waals surface area contributed by atoms with E-state index in [4.69, 9.17) is 4.74 Å². The van der Waals surface area contributed by atoms with Gasteiger partial charge in [0, 0.05) is 17.7 Å². The summed E-state index contributed by atoms with van der Waals surface area (Å²) in [5.74, 6) is 0.0506. The highest BCUT2D eigenvalue weighted by Gasteiger charge is 2.29. The van der Waals surface area contributed by atoms with Gasteiger partial charge >= 0.3 is 5.82 Å². The van der Waals surface area contributed by atoms with Gasteiger partial charge in [0.25, 0.3) is 0 Å². The number of halogens is 1. The molecule has 1 rings (SSSR count). The van der Waals surface area contributed by atoms with Crippen LogP contribution in [0.4, 0.5) is 5.82 Å². The Bertz CT molecular complexity index is 474. The number of hydrogen-bond donors (Lipinski definition) is 0. The van der Waals surface area contributed by atoms with Crippen molar-refractivity contribution in [2.24, 2.45) is 5.41 Å². The Balaban J connectivity index is 2.92. The van der Waals surface area contributed by atoms with Gasteiger partial charge in [0.15, 0.2) is 0 Å². The van der Waals surface area contributed by atoms with E-state index in [9.17, 15) is 10.1 Å². The molecule has 0 N–H and O–H groups in total. The molecule has 0 atom stereocenters. The van der Waals surface area contributed by atoms with E-state index in [0.29, 0.717) is 12.3 Å². The molecule has 0 saturated heterocycles. The van der Waals surface area contributed by atoms with Gasteiger partial charge in [-0.2, -0.15) is 0 Å². The zero-order valence-electron chi connectivity index (χ0n) is 12.9. The van der Waals surface area contributed by atoms with E-state index in [0.717, 1.165) is 31.0 Å². The summed E-state index contributed by atoms with van der Waals surface area (Å²) in [6, 6.07) is 3.37. The van der Waals surface area contributed by atoms with E-state index < -0.39 is 4.92 Å². The van der Waals surface area contributed by atoms with Crippen LogP contribution >= 0.6 is 15.9 Å². The van der Waals surface area contributed by atoms with Crippen LogP contribution in [0.15, 0.2) is 12.1 Å². The van der Waals surface area contributed by atoms with E-state index >= 15 is 0 Å². The summed E-state index contributed by atoms with van der Waals surface area (Å²) in [5, 5.41) is 11.9. The molecule has 1 heterocycles. The third-order valence-electron chi connectivity index (χ3n) is 3.53. The molecule has 0 fully saturated rings. The first-order valence-electron chi connectivity index (χ1n) is 7.29. The second-order valence-electron chi connectivity index (χ2n) is 5.45. The molecule has 6 heteroatoms. The van der Waals surface area contributed by atoms with Crippen LogP contribution in [0.25, 0.3) is 0 Å². The second-order valence-corrected chi connectivity index (χ2v) is 6.01. The van der Waals surface area contributed by atoms with Crippen LogP contribution in [0, 0.1) is 22.5 Å². The molecular weight excluding hydrogens is 336 g/mol. The quantitative estimate of drug-likeness (QED) is 0.365. The van der Waals surface area contributed by atoms with Gasteiger partial charge in [0.05, 0.1) is 6.61 Å². The number of aryl methyl sites for hydroxylation is 1. The summed E-state index contributed by atoms with van der Waals surface area (Å²) in [6.45, 7) is 6.48. The fraction of sp³-hybridized carbons (Fsp3) is 0.667. The predicted octanol–water partition coefficient (Wildman–Crippen LogP) is 4.66. The maximum Gasteiger partial charge on any atom is 0.406 e. The maximum absolute atomic E-state index is 11.1. The van der Waals surface area contributed by atoms with Crippen LogP contribution in [0.2, 0.25) is 0 Å². The van der Waals surface area contributed by atoms with Crippen LogP contribution < -0.4 is 4.74 Å². The van der Waals surface area contributed by atoms with Crippen molar-refractivity contribution < 1.29 is 9.66 Å². The fourth-order valence-corrected chi connectivity index (χ4v) is 3.23. The molecule has 0 amide bonds. The lowest BCUT2D eigenvalue weighted by Gasteiger charge is -2.31. The number of pyridine rings is 1. The Hall–Kier alpha value is -1.17. The minimum Gasteiger partial charge on any atom is -0.485 e. The van der Waals surface area contributed by atoms with Gasteiger partial charge in [0.1, 0.15) is 5.69 Å². The molecule has 0 radical (unpaired) electrons. The van der Waals surface area contributed by atoms with Crippen LogP contribution in [0.3, 0.4) is 0 Å². The third-order valence-corrected chi connectivity index (χ3v) is 4.72. The number of alkyl halides is 1. The van der Waals surface area contributed by atoms with Crippen molar-refractivity contribution in [1.82, 2.24) is 4.98 Å². The van der Waals surface area contributed by atoms with Gasteiger partial charge < -0.3 is 14.9 Å². The third kappa shape index (κ3) is 4.95. The molecule has 0 aliphatic heterocycles. The summed E-state index contributed by atoms with van der Waals surface area (Å²) in [5.41, 5.74) is 0.630. The molecule has 0 aromatic carbocycles. The lowest BCUT2D eigenvalue weighted by molar-refractivity contribution is -0.390. The minimum absolute atomic E-state index is 0.0161. The van der Waals surface area contributed by atoms with Gasteiger partial charge in [-0.25, -0.2) is 0 Å². The summed E-state index contributed by atoms with van der Waals surface area (Å²) < 4.78 is 5.78. The van der Waals surface area contributed by atoms with Gasteiger partial charge in [-0.1, -0.05) is 42.6 Å². The lowest BCUT2D eigenvalue weighted by atomic mass is 9.82. The minimum atomic E-state index is -0.488. The summed E-state index contributed by atoms with van der Waals surface area (Å²) in [4.78, 5) is 14.5. The molecule has 0 aliphatic rings. The summed E-state index contributed by atoms with van der Waals surface area (Å²) >= 11 is 3.58. The molecule has 1 aromatic heterocycles. The molecule has 0 aliphatic carbocycles. The highest BCUT2D eigenvalue weighted by molar-refractivity contribution is 9.09. The van der Waals surface area contributed by atoms with E-state index in [1.54, 1.807) is 19.1 Å². The van der Waals surface area contributed by atoms with E-state index in [1.165, 1.54) is 0 Å². The van der Waals surface area contributed by atoms with E-state index in [1.807, 2.05) is 0 Å². The zero-order valence-corrected chi connectivity index (χ0v) is 14.5. The molecule has 0 spiro atoms. The Morgan fingerprint density at radius 2 is 1.95 bits per heavy atom.